The van der Waals surface area contributed by atoms with Crippen molar-refractivity contribution in [2.75, 3.05) is 0 Å². The van der Waals surface area contributed by atoms with Crippen LogP contribution in [0.3, 0.4) is 0 Å². The van der Waals surface area contributed by atoms with Crippen LogP contribution in [0.5, 0.6) is 0 Å². The van der Waals surface area contributed by atoms with Crippen LogP contribution in [-0.2, 0) is 0 Å². The number of hydrogen-bond acceptors (Lipinski definition) is 3. The minimum absolute atomic E-state index is 0.0796. The highest BCUT2D eigenvalue weighted by molar-refractivity contribution is 6.33. The first-order valence-corrected chi connectivity index (χ1v) is 8.43. The zero-order chi connectivity index (χ0) is 18.3. The van der Waals surface area contributed by atoms with Gasteiger partial charge in [0.25, 0.3) is 0 Å². The summed E-state index contributed by atoms with van der Waals surface area (Å²) in [5, 5.41) is 14.6. The second kappa shape index (κ2) is 6.44. The quantitative estimate of drug-likeness (QED) is 0.536. The number of fused-ring (bicyclic) bond motifs is 1. The van der Waals surface area contributed by atoms with Gasteiger partial charge in [-0.3, -0.25) is 0 Å². The Labute approximate surface area is 158 Å². The number of hydrogen-bond donors (Lipinski definition) is 1. The average molecular weight is 384 g/mol. The first kappa shape index (κ1) is 16.6. The number of rotatable bonds is 3. The molecule has 26 heavy (non-hydrogen) atoms. The molecule has 0 saturated heterocycles. The van der Waals surface area contributed by atoms with Gasteiger partial charge >= 0.3 is 5.97 Å². The Morgan fingerprint density at radius 1 is 1.00 bits per heavy atom. The van der Waals surface area contributed by atoms with E-state index in [1.165, 1.54) is 10.6 Å². The molecule has 2 aromatic heterocycles. The normalized spacial score (nSPS) is 11.0. The van der Waals surface area contributed by atoms with Crippen molar-refractivity contribution in [1.82, 2.24) is 14.6 Å². The second-order valence-electron chi connectivity index (χ2n) is 5.62. The maximum atomic E-state index is 11.3. The van der Waals surface area contributed by atoms with Crippen LogP contribution < -0.4 is 0 Å². The molecule has 0 aliphatic carbocycles. The Morgan fingerprint density at radius 2 is 1.73 bits per heavy atom. The number of aromatic carboxylic acids is 1. The summed E-state index contributed by atoms with van der Waals surface area (Å²) in [6, 6.07) is 17.8. The van der Waals surface area contributed by atoms with E-state index in [2.05, 4.69) is 10.1 Å². The number of halogens is 2. The predicted molar refractivity (Wildman–Crippen MR) is 101 cm³/mol. The third kappa shape index (κ3) is 2.92. The Kier molecular flexibility index (Phi) is 4.11. The third-order valence-electron chi connectivity index (χ3n) is 3.94. The summed E-state index contributed by atoms with van der Waals surface area (Å²) in [4.78, 5) is 15.9. The zero-order valence-electron chi connectivity index (χ0n) is 13.2. The molecule has 7 heteroatoms. The average Bonchev–Trinajstić information content (AvgIpc) is 3.06. The molecule has 4 aromatic rings. The zero-order valence-corrected chi connectivity index (χ0v) is 14.7. The van der Waals surface area contributed by atoms with Gasteiger partial charge in [-0.15, -0.1) is 0 Å². The van der Waals surface area contributed by atoms with E-state index in [9.17, 15) is 9.90 Å². The molecule has 0 bridgehead atoms. The number of carboxylic acids is 1. The van der Waals surface area contributed by atoms with Crippen molar-refractivity contribution in [1.29, 1.82) is 0 Å². The summed E-state index contributed by atoms with van der Waals surface area (Å²) >= 11 is 12.3. The summed E-state index contributed by atoms with van der Waals surface area (Å²) < 4.78 is 1.51. The Balaban J connectivity index is 2.02. The third-order valence-corrected chi connectivity index (χ3v) is 4.52. The van der Waals surface area contributed by atoms with Crippen molar-refractivity contribution in [2.24, 2.45) is 0 Å². The van der Waals surface area contributed by atoms with Crippen LogP contribution in [0.4, 0.5) is 0 Å². The first-order valence-electron chi connectivity index (χ1n) is 7.68. The first-order chi connectivity index (χ1) is 12.5. The van der Waals surface area contributed by atoms with Crippen LogP contribution in [0.1, 0.15) is 10.5 Å². The van der Waals surface area contributed by atoms with Crippen LogP contribution in [0.25, 0.3) is 28.2 Å². The van der Waals surface area contributed by atoms with Gasteiger partial charge in [0.05, 0.1) is 11.4 Å². The largest absolute Gasteiger partial charge is 0.476 e. The van der Waals surface area contributed by atoms with E-state index >= 15 is 0 Å². The van der Waals surface area contributed by atoms with Crippen molar-refractivity contribution >= 4 is 34.8 Å². The fraction of sp³-hybridized carbons (Fsp3) is 0. The SMILES string of the molecule is O=C(O)c1cc2nc(-c3ccccc3Cl)cc(-c3ccc(Cl)cc3)n2n1. The molecular formula is C19H11Cl2N3O2. The van der Waals surface area contributed by atoms with Crippen molar-refractivity contribution in [3.05, 3.63) is 76.4 Å². The molecule has 5 nitrogen and oxygen atoms in total. The molecular weight excluding hydrogens is 373 g/mol. The number of benzene rings is 2. The van der Waals surface area contributed by atoms with Crippen LogP contribution in [0, 0.1) is 0 Å². The fourth-order valence-electron chi connectivity index (χ4n) is 2.71. The molecule has 0 unspecified atom stereocenters. The van der Waals surface area contributed by atoms with E-state index in [1.807, 2.05) is 36.4 Å². The molecule has 0 aliphatic heterocycles. The minimum Gasteiger partial charge on any atom is -0.476 e. The molecule has 128 valence electrons. The Hall–Kier alpha value is -2.89. The molecule has 0 saturated carbocycles. The smallest absolute Gasteiger partial charge is 0.356 e. The lowest BCUT2D eigenvalue weighted by Crippen LogP contribution is -2.01. The van der Waals surface area contributed by atoms with Gasteiger partial charge in [0.1, 0.15) is 0 Å². The van der Waals surface area contributed by atoms with Crippen molar-refractivity contribution in [2.45, 2.75) is 0 Å². The number of carbonyl (C=O) groups is 1. The molecule has 0 radical (unpaired) electrons. The molecule has 2 heterocycles. The van der Waals surface area contributed by atoms with Crippen molar-refractivity contribution < 1.29 is 9.90 Å². The number of nitrogens with zero attached hydrogens (tertiary/aromatic N) is 3. The molecule has 0 fully saturated rings. The molecule has 1 N–H and O–H groups in total. The Bertz CT molecular complexity index is 1140. The Morgan fingerprint density at radius 3 is 2.42 bits per heavy atom. The van der Waals surface area contributed by atoms with Crippen LogP contribution in [-0.4, -0.2) is 25.7 Å². The fourth-order valence-corrected chi connectivity index (χ4v) is 3.07. The van der Waals surface area contributed by atoms with Gasteiger partial charge in [0.2, 0.25) is 0 Å². The molecule has 2 aromatic carbocycles. The molecule has 0 aliphatic rings. The summed E-state index contributed by atoms with van der Waals surface area (Å²) in [5.41, 5.74) is 3.24. The van der Waals surface area contributed by atoms with Crippen LogP contribution in [0.2, 0.25) is 10.0 Å². The van der Waals surface area contributed by atoms with Gasteiger partial charge in [-0.05, 0) is 24.3 Å². The maximum Gasteiger partial charge on any atom is 0.356 e. The van der Waals surface area contributed by atoms with Crippen LogP contribution in [0.15, 0.2) is 60.7 Å². The lowest BCUT2D eigenvalue weighted by atomic mass is 10.1. The van der Waals surface area contributed by atoms with Crippen molar-refractivity contribution in [3.8, 4) is 22.5 Å². The van der Waals surface area contributed by atoms with E-state index in [1.54, 1.807) is 18.2 Å². The number of carboxylic acid groups (broad SMARTS) is 1. The maximum absolute atomic E-state index is 11.3. The highest BCUT2D eigenvalue weighted by Crippen LogP contribution is 2.31. The van der Waals surface area contributed by atoms with E-state index in [-0.39, 0.29) is 5.69 Å². The standard InChI is InChI=1S/C19H11Cl2N3O2/c20-12-7-5-11(6-8-12)17-9-15(13-3-1-2-4-14(13)21)22-18-10-16(19(25)26)23-24(17)18/h1-10H,(H,25,26). The van der Waals surface area contributed by atoms with Crippen molar-refractivity contribution in [3.63, 3.8) is 0 Å². The van der Waals surface area contributed by atoms with Gasteiger partial charge in [-0.1, -0.05) is 53.5 Å². The van der Waals surface area contributed by atoms with E-state index in [4.69, 9.17) is 23.2 Å². The topological polar surface area (TPSA) is 67.5 Å². The molecule has 0 atom stereocenters. The van der Waals surface area contributed by atoms with E-state index < -0.39 is 5.97 Å². The monoisotopic (exact) mass is 383 g/mol. The van der Waals surface area contributed by atoms with E-state index in [0.717, 1.165) is 11.1 Å². The van der Waals surface area contributed by atoms with Gasteiger partial charge in [0.15, 0.2) is 11.3 Å². The highest BCUT2D eigenvalue weighted by atomic mass is 35.5. The summed E-state index contributed by atoms with van der Waals surface area (Å²) in [7, 11) is 0. The summed E-state index contributed by atoms with van der Waals surface area (Å²) in [5.74, 6) is -1.11. The van der Waals surface area contributed by atoms with Gasteiger partial charge < -0.3 is 5.11 Å². The van der Waals surface area contributed by atoms with Gasteiger partial charge in [0, 0.05) is 27.2 Å². The van der Waals surface area contributed by atoms with Gasteiger partial charge in [-0.2, -0.15) is 5.10 Å². The number of aromatic nitrogens is 3. The van der Waals surface area contributed by atoms with Gasteiger partial charge in [-0.25, -0.2) is 14.3 Å². The van der Waals surface area contributed by atoms with Crippen LogP contribution >= 0.6 is 23.2 Å². The molecule has 0 amide bonds. The lowest BCUT2D eigenvalue weighted by molar-refractivity contribution is 0.0690. The lowest BCUT2D eigenvalue weighted by Gasteiger charge is -2.09. The minimum atomic E-state index is -1.11. The molecule has 0 spiro atoms. The molecule has 4 rings (SSSR count). The summed E-state index contributed by atoms with van der Waals surface area (Å²) in [6.45, 7) is 0. The van der Waals surface area contributed by atoms with E-state index in [0.29, 0.717) is 27.1 Å². The predicted octanol–water partition coefficient (Wildman–Crippen LogP) is 5.07. The highest BCUT2D eigenvalue weighted by Gasteiger charge is 2.16. The summed E-state index contributed by atoms with van der Waals surface area (Å²) in [6.07, 6.45) is 0. The second-order valence-corrected chi connectivity index (χ2v) is 6.46.